The molecule has 0 saturated carbocycles. The molecule has 2 atom stereocenters. The van der Waals surface area contributed by atoms with E-state index in [2.05, 4.69) is 21.2 Å². The summed E-state index contributed by atoms with van der Waals surface area (Å²) in [6, 6.07) is 29.1. The van der Waals surface area contributed by atoms with Gasteiger partial charge < -0.3 is 15.0 Å². The Morgan fingerprint density at radius 2 is 1.53 bits per heavy atom. The van der Waals surface area contributed by atoms with E-state index in [4.69, 9.17) is 4.74 Å². The van der Waals surface area contributed by atoms with Crippen LogP contribution in [0.25, 0.3) is 0 Å². The summed E-state index contributed by atoms with van der Waals surface area (Å²) in [6.45, 7) is 7.67. The fraction of sp³-hybridized carbons (Fsp3) is 0.297. The summed E-state index contributed by atoms with van der Waals surface area (Å²) >= 11 is 3.52. The molecule has 0 heterocycles. The summed E-state index contributed by atoms with van der Waals surface area (Å²) in [5.41, 5.74) is 2.95. The highest BCUT2D eigenvalue weighted by molar-refractivity contribution is 9.10. The van der Waals surface area contributed by atoms with E-state index in [1.54, 1.807) is 36.4 Å². The monoisotopic (exact) mass is 719 g/mol. The van der Waals surface area contributed by atoms with Gasteiger partial charge in [0, 0.05) is 23.5 Å². The van der Waals surface area contributed by atoms with Crippen molar-refractivity contribution in [1.29, 1.82) is 0 Å². The molecule has 2 amide bonds. The number of aryl methyl sites for hydroxylation is 1. The molecule has 0 bridgehead atoms. The van der Waals surface area contributed by atoms with Gasteiger partial charge in [-0.1, -0.05) is 83.0 Å². The van der Waals surface area contributed by atoms with E-state index in [1.165, 1.54) is 17.0 Å². The van der Waals surface area contributed by atoms with E-state index in [-0.39, 0.29) is 29.8 Å². The number of ether oxygens (including phenoxy) is 1. The van der Waals surface area contributed by atoms with Crippen molar-refractivity contribution >= 4 is 43.5 Å². The van der Waals surface area contributed by atoms with Gasteiger partial charge >= 0.3 is 0 Å². The lowest BCUT2D eigenvalue weighted by Crippen LogP contribution is -2.54. The molecule has 47 heavy (non-hydrogen) atoms. The lowest BCUT2D eigenvalue weighted by atomic mass is 10.0. The van der Waals surface area contributed by atoms with Gasteiger partial charge in [-0.05, 0) is 86.8 Å². The second-order valence-corrected chi connectivity index (χ2v) is 14.2. The van der Waals surface area contributed by atoms with E-state index in [9.17, 15) is 18.0 Å². The number of benzene rings is 4. The number of nitrogens with zero attached hydrogens (tertiary/aromatic N) is 2. The van der Waals surface area contributed by atoms with Crippen LogP contribution in [0.15, 0.2) is 112 Å². The zero-order valence-electron chi connectivity index (χ0n) is 27.2. The minimum atomic E-state index is -4.21. The first-order valence-electron chi connectivity index (χ1n) is 15.7. The van der Waals surface area contributed by atoms with Crippen LogP contribution in [0.4, 0.5) is 5.69 Å². The molecule has 0 aliphatic carbocycles. The normalized spacial score (nSPS) is 12.5. The molecule has 0 aliphatic rings. The minimum absolute atomic E-state index is 0.0169. The Kier molecular flexibility index (Phi) is 12.6. The van der Waals surface area contributed by atoms with E-state index in [0.717, 1.165) is 25.5 Å². The molecule has 248 valence electrons. The van der Waals surface area contributed by atoms with Gasteiger partial charge in [-0.25, -0.2) is 8.42 Å². The number of hydrogen-bond donors (Lipinski definition) is 1. The van der Waals surface area contributed by atoms with Gasteiger partial charge in [0.05, 0.1) is 17.2 Å². The van der Waals surface area contributed by atoms with Crippen LogP contribution in [0.3, 0.4) is 0 Å². The number of sulfonamides is 1. The summed E-state index contributed by atoms with van der Waals surface area (Å²) in [5, 5.41) is 3.06. The van der Waals surface area contributed by atoms with E-state index >= 15 is 0 Å². The molecule has 4 aromatic carbocycles. The minimum Gasteiger partial charge on any atom is -0.494 e. The summed E-state index contributed by atoms with van der Waals surface area (Å²) in [6.07, 6.45) is 0.962. The topological polar surface area (TPSA) is 96.0 Å². The van der Waals surface area contributed by atoms with Gasteiger partial charge in [0.25, 0.3) is 10.0 Å². The summed E-state index contributed by atoms with van der Waals surface area (Å²) in [5.74, 6) is -0.274. The number of carbonyl (C=O) groups excluding carboxylic acids is 2. The molecule has 10 heteroatoms. The molecule has 8 nitrogen and oxygen atoms in total. The largest absolute Gasteiger partial charge is 0.494 e. The van der Waals surface area contributed by atoms with Gasteiger partial charge in [-0.3, -0.25) is 13.9 Å². The van der Waals surface area contributed by atoms with Crippen LogP contribution in [0.2, 0.25) is 0 Å². The van der Waals surface area contributed by atoms with E-state index < -0.39 is 28.5 Å². The number of amides is 2. The van der Waals surface area contributed by atoms with Crippen LogP contribution in [0, 0.1) is 6.92 Å². The summed E-state index contributed by atoms with van der Waals surface area (Å²) < 4.78 is 36.0. The van der Waals surface area contributed by atoms with Gasteiger partial charge in [-0.2, -0.15) is 0 Å². The fourth-order valence-electron chi connectivity index (χ4n) is 5.07. The Hall–Kier alpha value is -4.15. The van der Waals surface area contributed by atoms with Crippen molar-refractivity contribution in [1.82, 2.24) is 10.2 Å². The fourth-order valence-corrected chi connectivity index (χ4v) is 6.93. The molecular formula is C37H42BrN3O5S. The van der Waals surface area contributed by atoms with Crippen molar-refractivity contribution in [2.24, 2.45) is 0 Å². The Morgan fingerprint density at radius 3 is 2.15 bits per heavy atom. The highest BCUT2D eigenvalue weighted by Gasteiger charge is 2.35. The van der Waals surface area contributed by atoms with Gasteiger partial charge in [0.2, 0.25) is 11.8 Å². The SMILES string of the molecule is CCOc1ccc(S(=O)(=O)N(CC(=O)N(Cc2cccc(Br)c2)C(Cc2ccccc2)C(=O)NC(C)CC)c2ccc(C)cc2)cc1. The zero-order valence-corrected chi connectivity index (χ0v) is 29.6. The van der Waals surface area contributed by atoms with Gasteiger partial charge in [-0.15, -0.1) is 0 Å². The number of hydrogen-bond acceptors (Lipinski definition) is 5. The molecule has 1 N–H and O–H groups in total. The van der Waals surface area contributed by atoms with Crippen molar-refractivity contribution < 1.29 is 22.7 Å². The third kappa shape index (κ3) is 9.68. The predicted octanol–water partition coefficient (Wildman–Crippen LogP) is 6.91. The van der Waals surface area contributed by atoms with Crippen LogP contribution in [-0.4, -0.2) is 50.4 Å². The number of nitrogens with one attached hydrogen (secondary N) is 1. The van der Waals surface area contributed by atoms with Crippen molar-refractivity contribution in [3.8, 4) is 5.75 Å². The molecule has 0 saturated heterocycles. The molecule has 0 radical (unpaired) electrons. The molecule has 0 fully saturated rings. The van der Waals surface area contributed by atoms with Crippen LogP contribution < -0.4 is 14.4 Å². The quantitative estimate of drug-likeness (QED) is 0.144. The number of carbonyl (C=O) groups is 2. The smallest absolute Gasteiger partial charge is 0.264 e. The highest BCUT2D eigenvalue weighted by atomic mass is 79.9. The van der Waals surface area contributed by atoms with Gasteiger partial charge in [0.1, 0.15) is 18.3 Å². The lowest BCUT2D eigenvalue weighted by molar-refractivity contribution is -0.140. The van der Waals surface area contributed by atoms with Crippen LogP contribution in [-0.2, 0) is 32.6 Å². The predicted molar refractivity (Wildman–Crippen MR) is 190 cm³/mol. The third-order valence-corrected chi connectivity index (χ3v) is 10.1. The number of rotatable bonds is 15. The molecule has 0 spiro atoms. The first-order chi connectivity index (χ1) is 22.5. The Balaban J connectivity index is 1.80. The number of halogens is 1. The molecule has 4 aromatic rings. The summed E-state index contributed by atoms with van der Waals surface area (Å²) in [4.78, 5) is 30.1. The first-order valence-corrected chi connectivity index (χ1v) is 18.0. The van der Waals surface area contributed by atoms with Crippen molar-refractivity contribution in [2.75, 3.05) is 17.5 Å². The standard InChI is InChI=1S/C37H42BrN3O5S/c1-5-28(4)39-37(43)35(24-29-11-8-7-9-12-29)40(25-30-13-10-14-31(38)23-30)36(42)26-41(32-17-15-27(3)16-18-32)47(44,45)34-21-19-33(20-22-34)46-6-2/h7-23,28,35H,5-6,24-26H2,1-4H3,(H,39,43). The summed E-state index contributed by atoms with van der Waals surface area (Å²) in [7, 11) is -4.21. The van der Waals surface area contributed by atoms with Crippen LogP contribution in [0.5, 0.6) is 5.75 Å². The van der Waals surface area contributed by atoms with Crippen LogP contribution in [0.1, 0.15) is 43.9 Å². The second kappa shape index (κ2) is 16.6. The third-order valence-electron chi connectivity index (χ3n) is 7.84. The van der Waals surface area contributed by atoms with E-state index in [1.807, 2.05) is 82.3 Å². The second-order valence-electron chi connectivity index (χ2n) is 11.4. The van der Waals surface area contributed by atoms with Gasteiger partial charge in [0.15, 0.2) is 0 Å². The van der Waals surface area contributed by atoms with Crippen molar-refractivity contribution in [3.05, 3.63) is 124 Å². The molecule has 2 unspecified atom stereocenters. The first kappa shape index (κ1) is 35.7. The maximum Gasteiger partial charge on any atom is 0.264 e. The Labute approximate surface area is 286 Å². The lowest BCUT2D eigenvalue weighted by Gasteiger charge is -2.34. The Morgan fingerprint density at radius 1 is 0.872 bits per heavy atom. The van der Waals surface area contributed by atoms with Crippen LogP contribution >= 0.6 is 15.9 Å². The van der Waals surface area contributed by atoms with E-state index in [0.29, 0.717) is 24.5 Å². The van der Waals surface area contributed by atoms with Crippen molar-refractivity contribution in [2.45, 2.75) is 64.1 Å². The number of anilines is 1. The molecule has 0 aliphatic heterocycles. The average molecular weight is 721 g/mol. The molecule has 4 rings (SSSR count). The zero-order chi connectivity index (χ0) is 34.0. The maximum atomic E-state index is 14.6. The highest BCUT2D eigenvalue weighted by Crippen LogP contribution is 2.27. The Bertz CT molecular complexity index is 1730. The average Bonchev–Trinajstić information content (AvgIpc) is 3.06. The molecule has 0 aromatic heterocycles. The maximum absolute atomic E-state index is 14.6. The molecular weight excluding hydrogens is 678 g/mol. The van der Waals surface area contributed by atoms with Crippen molar-refractivity contribution in [3.63, 3.8) is 0 Å².